The fraction of sp³-hybridized carbons (Fsp3) is 0. The van der Waals surface area contributed by atoms with Crippen molar-refractivity contribution in [1.82, 2.24) is 14.5 Å². The molecule has 5 heteroatoms. The first-order valence-electron chi connectivity index (χ1n) is 16.4. The topological polar surface area (TPSA) is 47.1 Å². The number of aromatic nitrogens is 3. The van der Waals surface area contributed by atoms with Gasteiger partial charge in [0, 0.05) is 50.1 Å². The van der Waals surface area contributed by atoms with Gasteiger partial charge in [-0.15, -0.1) is 0 Å². The summed E-state index contributed by atoms with van der Waals surface area (Å²) in [7, 11) is 0. The lowest BCUT2D eigenvalue weighted by Crippen LogP contribution is -2.10. The summed E-state index contributed by atoms with van der Waals surface area (Å²) in [5, 5.41) is 5.63. The zero-order valence-electron chi connectivity index (χ0n) is 26.4. The predicted molar refractivity (Wildman–Crippen MR) is 201 cm³/mol. The second-order valence-corrected chi connectivity index (χ2v) is 12.3. The van der Waals surface area contributed by atoms with Gasteiger partial charge in [-0.25, -0.2) is 9.97 Å². The van der Waals surface area contributed by atoms with Gasteiger partial charge in [-0.05, 0) is 66.2 Å². The van der Waals surface area contributed by atoms with Gasteiger partial charge in [-0.1, -0.05) is 97.1 Å². The fourth-order valence-electron chi connectivity index (χ4n) is 7.30. The fourth-order valence-corrected chi connectivity index (χ4v) is 7.30. The molecule has 5 nitrogen and oxygen atoms in total. The maximum absolute atomic E-state index is 6.51. The molecule has 0 saturated carbocycles. The van der Waals surface area contributed by atoms with Crippen LogP contribution in [-0.2, 0) is 0 Å². The van der Waals surface area contributed by atoms with Crippen LogP contribution in [0, 0.1) is 0 Å². The molecule has 0 amide bonds. The Balaban J connectivity index is 1.16. The molecule has 4 aromatic heterocycles. The Morgan fingerprint density at radius 3 is 2.18 bits per heavy atom. The van der Waals surface area contributed by atoms with Crippen LogP contribution in [-0.4, -0.2) is 14.5 Å². The van der Waals surface area contributed by atoms with Crippen molar-refractivity contribution >= 4 is 71.8 Å². The van der Waals surface area contributed by atoms with Gasteiger partial charge in [0.05, 0.1) is 28.6 Å². The number of nitrogens with zero attached hydrogens (tertiary/aromatic N) is 4. The van der Waals surface area contributed by atoms with Crippen molar-refractivity contribution in [2.75, 3.05) is 4.90 Å². The summed E-state index contributed by atoms with van der Waals surface area (Å²) in [6.07, 6.45) is 3.71. The molecular formula is C44H28N4O. The Morgan fingerprint density at radius 1 is 0.551 bits per heavy atom. The lowest BCUT2D eigenvalue weighted by Gasteiger charge is -2.25. The summed E-state index contributed by atoms with van der Waals surface area (Å²) in [5.74, 6) is 0. The van der Waals surface area contributed by atoms with E-state index in [0.29, 0.717) is 0 Å². The average molecular weight is 629 g/mol. The van der Waals surface area contributed by atoms with Gasteiger partial charge >= 0.3 is 0 Å². The van der Waals surface area contributed by atoms with Gasteiger partial charge in [0.15, 0.2) is 11.2 Å². The second kappa shape index (κ2) is 10.9. The van der Waals surface area contributed by atoms with Gasteiger partial charge < -0.3 is 13.9 Å². The number of hydrogen-bond acceptors (Lipinski definition) is 4. The molecule has 0 bridgehead atoms. The van der Waals surface area contributed by atoms with E-state index in [9.17, 15) is 0 Å². The van der Waals surface area contributed by atoms with Crippen LogP contribution in [0.2, 0.25) is 0 Å². The third-order valence-corrected chi connectivity index (χ3v) is 9.47. The Bertz CT molecular complexity index is 2830. The molecule has 10 aromatic rings. The van der Waals surface area contributed by atoms with Crippen LogP contribution in [0.4, 0.5) is 17.1 Å². The van der Waals surface area contributed by atoms with Crippen molar-refractivity contribution in [2.24, 2.45) is 0 Å². The minimum absolute atomic E-state index is 0.740. The molecule has 10 rings (SSSR count). The highest BCUT2D eigenvalue weighted by Crippen LogP contribution is 2.43. The summed E-state index contributed by atoms with van der Waals surface area (Å²) in [5.41, 5.74) is 11.2. The average Bonchev–Trinajstić information content (AvgIpc) is 3.72. The van der Waals surface area contributed by atoms with Crippen molar-refractivity contribution in [3.63, 3.8) is 0 Å². The van der Waals surface area contributed by atoms with E-state index in [1.54, 1.807) is 6.20 Å². The van der Waals surface area contributed by atoms with E-state index in [1.165, 1.54) is 10.8 Å². The normalized spacial score (nSPS) is 11.7. The van der Waals surface area contributed by atoms with Gasteiger partial charge in [-0.2, -0.15) is 0 Å². The van der Waals surface area contributed by atoms with Gasteiger partial charge in [-0.3, -0.25) is 0 Å². The van der Waals surface area contributed by atoms with Crippen LogP contribution in [0.1, 0.15) is 0 Å². The van der Waals surface area contributed by atoms with Gasteiger partial charge in [0.25, 0.3) is 0 Å². The van der Waals surface area contributed by atoms with Crippen LogP contribution in [0.3, 0.4) is 0 Å². The summed E-state index contributed by atoms with van der Waals surface area (Å²) in [4.78, 5) is 11.5. The van der Waals surface area contributed by atoms with E-state index < -0.39 is 0 Å². The molecule has 4 heterocycles. The Kier molecular flexibility index (Phi) is 6.11. The number of anilines is 3. The quantitative estimate of drug-likeness (QED) is 0.190. The Morgan fingerprint density at radius 2 is 1.29 bits per heavy atom. The Labute approximate surface area is 281 Å². The maximum Gasteiger partial charge on any atom is 0.159 e. The summed E-state index contributed by atoms with van der Waals surface area (Å²) < 4.78 is 8.85. The summed E-state index contributed by atoms with van der Waals surface area (Å²) in [6.45, 7) is 0. The third-order valence-electron chi connectivity index (χ3n) is 9.47. The number of pyridine rings is 2. The lowest BCUT2D eigenvalue weighted by molar-refractivity contribution is 0.669. The van der Waals surface area contributed by atoms with Crippen molar-refractivity contribution in [3.8, 4) is 16.8 Å². The van der Waals surface area contributed by atoms with Crippen LogP contribution in [0.5, 0.6) is 0 Å². The van der Waals surface area contributed by atoms with E-state index in [2.05, 4.69) is 148 Å². The molecule has 0 aliphatic heterocycles. The molecule has 0 fully saturated rings. The van der Waals surface area contributed by atoms with Crippen LogP contribution < -0.4 is 4.90 Å². The molecule has 0 aliphatic carbocycles. The van der Waals surface area contributed by atoms with Gasteiger partial charge in [0.2, 0.25) is 0 Å². The number of fused-ring (bicyclic) bond motifs is 7. The zero-order chi connectivity index (χ0) is 32.3. The second-order valence-electron chi connectivity index (χ2n) is 12.3. The van der Waals surface area contributed by atoms with E-state index >= 15 is 0 Å². The summed E-state index contributed by atoms with van der Waals surface area (Å²) >= 11 is 0. The minimum atomic E-state index is 0.740. The molecular weight excluding hydrogens is 601 g/mol. The molecule has 0 atom stereocenters. The highest BCUT2D eigenvalue weighted by atomic mass is 16.3. The SMILES string of the molecule is c1ccc(N(c2ccc(-c3cccc4c5ccccc5n(-c5cnc6ncccc6c5)c34)cc2)c2cccc3c2oc2ccccc23)cc1. The number of benzene rings is 6. The molecule has 0 spiro atoms. The first kappa shape index (κ1) is 27.4. The number of furan rings is 1. The van der Waals surface area contributed by atoms with Crippen LogP contribution in [0.25, 0.3) is 71.6 Å². The van der Waals surface area contributed by atoms with Crippen molar-refractivity contribution in [3.05, 3.63) is 170 Å². The number of rotatable bonds is 5. The third kappa shape index (κ3) is 4.33. The van der Waals surface area contributed by atoms with E-state index in [0.717, 1.165) is 77.9 Å². The minimum Gasteiger partial charge on any atom is -0.454 e. The predicted octanol–water partition coefficient (Wildman–Crippen LogP) is 11.8. The van der Waals surface area contributed by atoms with Crippen LogP contribution >= 0.6 is 0 Å². The molecule has 0 N–H and O–H groups in total. The van der Waals surface area contributed by atoms with Crippen molar-refractivity contribution in [1.29, 1.82) is 0 Å². The Hall–Kier alpha value is -6.72. The highest BCUT2D eigenvalue weighted by Gasteiger charge is 2.20. The van der Waals surface area contributed by atoms with E-state index in [-0.39, 0.29) is 0 Å². The summed E-state index contributed by atoms with van der Waals surface area (Å²) in [6, 6.07) is 55.4. The smallest absolute Gasteiger partial charge is 0.159 e. The first-order valence-corrected chi connectivity index (χ1v) is 16.4. The molecule has 0 aliphatic rings. The van der Waals surface area contributed by atoms with E-state index in [4.69, 9.17) is 9.40 Å². The monoisotopic (exact) mass is 628 g/mol. The van der Waals surface area contributed by atoms with Crippen molar-refractivity contribution < 1.29 is 4.42 Å². The molecule has 230 valence electrons. The highest BCUT2D eigenvalue weighted by molar-refractivity contribution is 6.14. The lowest BCUT2D eigenvalue weighted by atomic mass is 10.0. The van der Waals surface area contributed by atoms with Crippen molar-refractivity contribution in [2.45, 2.75) is 0 Å². The first-order chi connectivity index (χ1) is 24.3. The molecule has 6 aromatic carbocycles. The van der Waals surface area contributed by atoms with Gasteiger partial charge in [0.1, 0.15) is 5.58 Å². The van der Waals surface area contributed by atoms with Crippen LogP contribution in [0.15, 0.2) is 175 Å². The maximum atomic E-state index is 6.51. The molecule has 49 heavy (non-hydrogen) atoms. The standard InChI is InChI=1S/C44H28N4O/c1-2-12-31(13-3-1)47(40-20-9-18-38-36-15-5-7-21-41(36)49-43(38)40)32-24-22-29(23-25-32)34-16-8-17-37-35-14-4-6-19-39(35)48(42(34)37)33-27-30-11-10-26-45-44(30)46-28-33/h1-28H. The largest absolute Gasteiger partial charge is 0.454 e. The molecule has 0 saturated heterocycles. The molecule has 0 unspecified atom stereocenters. The number of para-hydroxylation sites is 5. The zero-order valence-corrected chi connectivity index (χ0v) is 26.4. The van der Waals surface area contributed by atoms with E-state index in [1.807, 2.05) is 30.5 Å². The molecule has 0 radical (unpaired) electrons. The number of hydrogen-bond donors (Lipinski definition) is 0.